The van der Waals surface area contributed by atoms with Gasteiger partial charge in [0.05, 0.1) is 0 Å². The van der Waals surface area contributed by atoms with Crippen LogP contribution in [0.5, 0.6) is 0 Å². The Labute approximate surface area is 225 Å². The number of aromatic nitrogens is 2. The fourth-order valence-corrected chi connectivity index (χ4v) is 6.62. The van der Waals surface area contributed by atoms with Gasteiger partial charge in [0, 0.05) is 74.7 Å². The number of likely N-dealkylation sites (tertiary alicyclic amines) is 1. The Kier molecular flexibility index (Phi) is 7.33. The molecular formula is C26H32N6O5S. The second kappa shape index (κ2) is 10.7. The van der Waals surface area contributed by atoms with Crippen LogP contribution in [0, 0.1) is 0 Å². The summed E-state index contributed by atoms with van der Waals surface area (Å²) in [5.41, 5.74) is 0.609. The third kappa shape index (κ3) is 4.84. The van der Waals surface area contributed by atoms with E-state index in [2.05, 4.69) is 15.6 Å². The molecule has 1 spiro atoms. The number of fused-ring (bicyclic) bond motifs is 2. The van der Waals surface area contributed by atoms with Gasteiger partial charge in [0.25, 0.3) is 5.91 Å². The minimum absolute atomic E-state index is 0.0787. The van der Waals surface area contributed by atoms with Crippen LogP contribution in [-0.4, -0.2) is 81.0 Å². The normalized spacial score (nSPS) is 22.2. The summed E-state index contributed by atoms with van der Waals surface area (Å²) in [5.74, 6) is 2.01. The number of urea groups is 1. The summed E-state index contributed by atoms with van der Waals surface area (Å²) in [6.45, 7) is 0.301. The van der Waals surface area contributed by atoms with Crippen molar-refractivity contribution in [1.29, 1.82) is 0 Å². The average molecular weight is 541 g/mol. The number of thioether (sulfide) groups is 1. The molecule has 12 heteroatoms. The molecule has 2 aromatic rings. The number of carbonyl (C=O) groups excluding carboxylic acids is 4. The third-order valence-corrected chi connectivity index (χ3v) is 8.65. The molecule has 2 N–H and O–H groups in total. The van der Waals surface area contributed by atoms with Crippen molar-refractivity contribution in [1.82, 2.24) is 24.7 Å². The van der Waals surface area contributed by atoms with Crippen LogP contribution in [0.2, 0.25) is 0 Å². The molecule has 1 aromatic carbocycles. The maximum atomic E-state index is 13.5. The number of hydrogen-bond acceptors (Lipinski definition) is 7. The third-order valence-electron chi connectivity index (χ3n) is 7.54. The Morgan fingerprint density at radius 3 is 2.89 bits per heavy atom. The van der Waals surface area contributed by atoms with Gasteiger partial charge in [0.2, 0.25) is 11.5 Å². The van der Waals surface area contributed by atoms with Gasteiger partial charge in [-0.15, -0.1) is 0 Å². The van der Waals surface area contributed by atoms with Crippen LogP contribution in [0.3, 0.4) is 0 Å². The molecule has 3 heterocycles. The molecule has 38 heavy (non-hydrogen) atoms. The molecule has 5 amide bonds. The molecule has 0 bridgehead atoms. The molecule has 11 nitrogen and oxygen atoms in total. The highest BCUT2D eigenvalue weighted by Gasteiger charge is 2.58. The molecule has 3 aliphatic rings. The number of carbonyl (C=O) groups is 4. The lowest BCUT2D eigenvalue weighted by atomic mass is 9.94. The van der Waals surface area contributed by atoms with Crippen molar-refractivity contribution in [2.75, 3.05) is 37.0 Å². The van der Waals surface area contributed by atoms with Crippen LogP contribution < -0.4 is 10.6 Å². The highest BCUT2D eigenvalue weighted by atomic mass is 32.2. The van der Waals surface area contributed by atoms with Gasteiger partial charge in [0.1, 0.15) is 12.4 Å². The van der Waals surface area contributed by atoms with E-state index in [0.29, 0.717) is 30.6 Å². The van der Waals surface area contributed by atoms with E-state index < -0.39 is 17.6 Å². The van der Waals surface area contributed by atoms with Crippen LogP contribution in [-0.2, 0) is 39.8 Å². The summed E-state index contributed by atoms with van der Waals surface area (Å²) < 4.78 is 7.68. The number of anilines is 1. The maximum absolute atomic E-state index is 13.5. The van der Waals surface area contributed by atoms with E-state index in [1.165, 1.54) is 7.05 Å². The Morgan fingerprint density at radius 1 is 1.29 bits per heavy atom. The lowest BCUT2D eigenvalue weighted by Crippen LogP contribution is -2.46. The zero-order chi connectivity index (χ0) is 26.9. The molecule has 5 rings (SSSR count). The van der Waals surface area contributed by atoms with Crippen LogP contribution >= 0.6 is 11.8 Å². The van der Waals surface area contributed by atoms with E-state index in [1.807, 2.05) is 17.8 Å². The number of nitrogens with zero attached hydrogens (tertiary/aromatic N) is 4. The van der Waals surface area contributed by atoms with Crippen molar-refractivity contribution in [3.05, 3.63) is 47.5 Å². The van der Waals surface area contributed by atoms with E-state index in [1.54, 1.807) is 41.1 Å². The summed E-state index contributed by atoms with van der Waals surface area (Å²) >= 11 is 1.79. The number of amides is 5. The van der Waals surface area contributed by atoms with Gasteiger partial charge in [-0.1, -0.05) is 6.07 Å². The summed E-state index contributed by atoms with van der Waals surface area (Å²) in [5, 5.41) is 5.20. The number of imide groups is 1. The number of ether oxygens (including phenoxy) is 1. The number of aryl methyl sites for hydroxylation is 3. The molecule has 0 saturated carbocycles. The quantitative estimate of drug-likeness (QED) is 0.492. The Hall–Kier alpha value is -3.54. The number of benzene rings is 1. The molecule has 1 aromatic heterocycles. The first kappa shape index (κ1) is 26.1. The van der Waals surface area contributed by atoms with E-state index in [-0.39, 0.29) is 24.5 Å². The Morgan fingerprint density at radius 2 is 2.13 bits per heavy atom. The predicted octanol–water partition coefficient (Wildman–Crippen LogP) is 2.26. The van der Waals surface area contributed by atoms with Crippen molar-refractivity contribution in [2.24, 2.45) is 7.05 Å². The lowest BCUT2D eigenvalue weighted by Gasteiger charge is -2.26. The molecule has 2 atom stereocenters. The fourth-order valence-electron chi connectivity index (χ4n) is 5.51. The van der Waals surface area contributed by atoms with Crippen LogP contribution in [0.25, 0.3) is 0 Å². The first-order chi connectivity index (χ1) is 18.3. The second-order valence-electron chi connectivity index (χ2n) is 9.82. The van der Waals surface area contributed by atoms with Gasteiger partial charge in [-0.05, 0) is 37.0 Å². The van der Waals surface area contributed by atoms with E-state index in [9.17, 15) is 19.2 Å². The number of hydrogen-bond donors (Lipinski definition) is 2. The van der Waals surface area contributed by atoms with Gasteiger partial charge in [-0.25, -0.2) is 19.5 Å². The lowest BCUT2D eigenvalue weighted by molar-refractivity contribution is -0.142. The van der Waals surface area contributed by atoms with Crippen molar-refractivity contribution in [3.63, 3.8) is 0 Å². The highest BCUT2D eigenvalue weighted by Crippen LogP contribution is 2.46. The Balaban J connectivity index is 1.20. The van der Waals surface area contributed by atoms with Crippen molar-refractivity contribution >= 4 is 41.4 Å². The SMILES string of the molecule is CNC(=O)Nc1ccc2c(c1)CC[C@@]21OC(=O)N(CC(=O)N2CCCC2CSCCc2nccn2C)C1=O. The largest absolute Gasteiger partial charge is 0.427 e. The van der Waals surface area contributed by atoms with E-state index in [4.69, 9.17) is 4.74 Å². The summed E-state index contributed by atoms with van der Waals surface area (Å²) in [6.07, 6.45) is 6.42. The molecule has 2 fully saturated rings. The number of imidazole rings is 1. The Bertz CT molecular complexity index is 1260. The summed E-state index contributed by atoms with van der Waals surface area (Å²) in [6, 6.07) is 4.90. The van der Waals surface area contributed by atoms with Gasteiger partial charge >= 0.3 is 12.1 Å². The molecular weight excluding hydrogens is 508 g/mol. The average Bonchev–Trinajstić information content (AvgIpc) is 3.67. The first-order valence-corrected chi connectivity index (χ1v) is 14.0. The van der Waals surface area contributed by atoms with Gasteiger partial charge in [-0.2, -0.15) is 11.8 Å². The molecule has 0 radical (unpaired) electrons. The van der Waals surface area contributed by atoms with Gasteiger partial charge in [0.15, 0.2) is 0 Å². The van der Waals surface area contributed by atoms with Crippen LogP contribution in [0.1, 0.15) is 36.2 Å². The molecule has 2 saturated heterocycles. The van der Waals surface area contributed by atoms with E-state index in [0.717, 1.165) is 47.1 Å². The molecule has 1 unspecified atom stereocenters. The van der Waals surface area contributed by atoms with E-state index >= 15 is 0 Å². The molecule has 202 valence electrons. The zero-order valence-electron chi connectivity index (χ0n) is 21.6. The fraction of sp³-hybridized carbons (Fsp3) is 0.500. The smallest absolute Gasteiger partial charge is 0.418 e. The minimum Gasteiger partial charge on any atom is -0.427 e. The van der Waals surface area contributed by atoms with Gasteiger partial charge in [-0.3, -0.25) is 9.59 Å². The first-order valence-electron chi connectivity index (χ1n) is 12.8. The summed E-state index contributed by atoms with van der Waals surface area (Å²) in [7, 11) is 3.50. The molecule has 2 aliphatic heterocycles. The highest BCUT2D eigenvalue weighted by molar-refractivity contribution is 7.99. The zero-order valence-corrected chi connectivity index (χ0v) is 22.4. The maximum Gasteiger partial charge on any atom is 0.418 e. The second-order valence-corrected chi connectivity index (χ2v) is 11.0. The minimum atomic E-state index is -1.41. The summed E-state index contributed by atoms with van der Waals surface area (Å²) in [4.78, 5) is 58.3. The van der Waals surface area contributed by atoms with Crippen molar-refractivity contribution < 1.29 is 23.9 Å². The van der Waals surface area contributed by atoms with Crippen LogP contribution in [0.15, 0.2) is 30.6 Å². The monoisotopic (exact) mass is 540 g/mol. The van der Waals surface area contributed by atoms with Crippen molar-refractivity contribution in [3.8, 4) is 0 Å². The van der Waals surface area contributed by atoms with Crippen molar-refractivity contribution in [2.45, 2.75) is 43.7 Å². The van der Waals surface area contributed by atoms with Gasteiger partial charge < -0.3 is 24.8 Å². The standard InChI is InChI=1S/C26H32N6O5S/c1-27-24(35)29-18-5-6-20-17(14-18)7-9-26(20)23(34)32(25(36)37-26)15-22(33)31-11-3-4-19(31)16-38-13-8-21-28-10-12-30(21)2/h5-6,10,12,14,19H,3-4,7-9,11,13,15-16H2,1-2H3,(H2,27,29,35)/t19?,26-/m1/s1. The molecule has 1 aliphatic carbocycles. The predicted molar refractivity (Wildman–Crippen MR) is 142 cm³/mol. The number of rotatable bonds is 8. The topological polar surface area (TPSA) is 126 Å². The van der Waals surface area contributed by atoms with Crippen LogP contribution in [0.4, 0.5) is 15.3 Å². The number of nitrogens with one attached hydrogen (secondary N) is 2.